The van der Waals surface area contributed by atoms with Gasteiger partial charge in [0.05, 0.1) is 19.4 Å². The molecule has 2 heterocycles. The summed E-state index contributed by atoms with van der Waals surface area (Å²) in [6.07, 6.45) is 0. The number of aliphatic imine (C=N–C) groups is 1. The first-order chi connectivity index (χ1) is 16.9. The van der Waals surface area contributed by atoms with E-state index in [0.29, 0.717) is 40.5 Å². The van der Waals surface area contributed by atoms with E-state index in [-0.39, 0.29) is 23.6 Å². The van der Waals surface area contributed by atoms with E-state index >= 15 is 0 Å². The fraction of sp³-hybridized carbons (Fsp3) is 0.192. The second kappa shape index (κ2) is 10.2. The number of hydroxylamine groups is 1. The zero-order valence-electron chi connectivity index (χ0n) is 19.8. The van der Waals surface area contributed by atoms with Gasteiger partial charge in [-0.25, -0.2) is 5.48 Å². The summed E-state index contributed by atoms with van der Waals surface area (Å²) >= 11 is 0. The summed E-state index contributed by atoms with van der Waals surface area (Å²) in [5.41, 5.74) is 4.19. The van der Waals surface area contributed by atoms with E-state index < -0.39 is 5.56 Å². The topological polar surface area (TPSA) is 103 Å². The Kier molecular flexibility index (Phi) is 6.86. The molecule has 0 fully saturated rings. The van der Waals surface area contributed by atoms with Crippen LogP contribution in [0.5, 0.6) is 11.5 Å². The number of carbonyl (C=O) groups is 1. The molecule has 35 heavy (non-hydrogen) atoms. The number of benzene rings is 2. The molecule has 9 heteroatoms. The molecule has 0 atom stereocenters. The van der Waals surface area contributed by atoms with Gasteiger partial charge in [0, 0.05) is 11.3 Å². The normalized spacial score (nSPS) is 14.0. The zero-order valence-corrected chi connectivity index (χ0v) is 19.8. The van der Waals surface area contributed by atoms with Crippen molar-refractivity contribution < 1.29 is 19.1 Å². The van der Waals surface area contributed by atoms with Gasteiger partial charge in [-0.1, -0.05) is 18.7 Å². The van der Waals surface area contributed by atoms with Crippen LogP contribution in [0.25, 0.3) is 12.5 Å². The molecule has 180 valence electrons. The van der Waals surface area contributed by atoms with Crippen LogP contribution in [0.3, 0.4) is 0 Å². The number of para-hydroxylation sites is 2. The van der Waals surface area contributed by atoms with Gasteiger partial charge in [-0.15, -0.1) is 0 Å². The van der Waals surface area contributed by atoms with E-state index in [1.54, 1.807) is 50.4 Å². The van der Waals surface area contributed by atoms with E-state index in [1.807, 2.05) is 25.1 Å². The van der Waals surface area contributed by atoms with Crippen LogP contribution >= 0.6 is 0 Å². The monoisotopic (exact) mass is 474 g/mol. The Morgan fingerprint density at radius 3 is 2.66 bits per heavy atom. The number of hydrogen-bond donors (Lipinski definition) is 2. The molecule has 2 aromatic carbocycles. The first kappa shape index (κ1) is 23.6. The lowest BCUT2D eigenvalue weighted by molar-refractivity contribution is -0.116. The predicted octanol–water partition coefficient (Wildman–Crippen LogP) is 1.66. The van der Waals surface area contributed by atoms with Crippen molar-refractivity contribution in [3.8, 4) is 11.5 Å². The smallest absolute Gasteiger partial charge is 0.264 e. The second-order valence-electron chi connectivity index (χ2n) is 7.75. The third kappa shape index (κ3) is 5.03. The van der Waals surface area contributed by atoms with E-state index in [9.17, 15) is 9.59 Å². The van der Waals surface area contributed by atoms with Gasteiger partial charge < -0.3 is 24.2 Å². The maximum atomic E-state index is 13.4. The Balaban J connectivity index is 1.67. The number of ether oxygens (including phenoxy) is 2. The van der Waals surface area contributed by atoms with Crippen molar-refractivity contribution in [2.75, 3.05) is 19.0 Å². The molecule has 0 spiro atoms. The molecule has 1 aliphatic rings. The number of rotatable bonds is 7. The lowest BCUT2D eigenvalue weighted by Gasteiger charge is -2.13. The molecule has 4 rings (SSSR count). The molecule has 1 aromatic heterocycles. The minimum Gasteiger partial charge on any atom is -0.497 e. The Labute approximate surface area is 201 Å². The van der Waals surface area contributed by atoms with Crippen LogP contribution < -0.4 is 36.3 Å². The maximum absolute atomic E-state index is 13.4. The van der Waals surface area contributed by atoms with Crippen LogP contribution in [0.15, 0.2) is 64.4 Å². The van der Waals surface area contributed by atoms with E-state index in [4.69, 9.17) is 14.3 Å². The van der Waals surface area contributed by atoms with Crippen molar-refractivity contribution >= 4 is 29.9 Å². The summed E-state index contributed by atoms with van der Waals surface area (Å²) in [5.74, 6) is 1.42. The first-order valence-electron chi connectivity index (χ1n) is 11.0. The fourth-order valence-corrected chi connectivity index (χ4v) is 3.67. The number of aromatic nitrogens is 1. The van der Waals surface area contributed by atoms with Gasteiger partial charge >= 0.3 is 0 Å². The van der Waals surface area contributed by atoms with Gasteiger partial charge in [0.1, 0.15) is 23.3 Å². The Morgan fingerprint density at radius 2 is 1.94 bits per heavy atom. The Hall–Kier alpha value is -4.53. The molecule has 2 N–H and O–H groups in total. The molecule has 9 nitrogen and oxygen atoms in total. The highest BCUT2D eigenvalue weighted by Crippen LogP contribution is 2.23. The second-order valence-corrected chi connectivity index (χ2v) is 7.75. The summed E-state index contributed by atoms with van der Waals surface area (Å²) < 4.78 is 12.1. The third-order valence-electron chi connectivity index (χ3n) is 5.39. The van der Waals surface area contributed by atoms with Gasteiger partial charge in [-0.3, -0.25) is 9.59 Å². The van der Waals surface area contributed by atoms with E-state index in [0.717, 1.165) is 5.56 Å². The number of hydrogen-bond acceptors (Lipinski definition) is 7. The number of methoxy groups -OCH3 is 1. The van der Waals surface area contributed by atoms with Crippen LogP contribution in [0.1, 0.15) is 18.2 Å². The van der Waals surface area contributed by atoms with E-state index in [1.165, 1.54) is 4.57 Å². The van der Waals surface area contributed by atoms with Crippen LogP contribution in [-0.4, -0.2) is 30.0 Å². The highest BCUT2D eigenvalue weighted by Gasteiger charge is 2.19. The number of aryl methyl sites for hydroxylation is 1. The molecule has 3 aromatic rings. The average molecular weight is 475 g/mol. The minimum absolute atomic E-state index is 0.0849. The number of nitrogens with one attached hydrogen (secondary N) is 2. The molecule has 0 saturated carbocycles. The number of amidine groups is 1. The quantitative estimate of drug-likeness (QED) is 0.540. The molecule has 0 bridgehead atoms. The van der Waals surface area contributed by atoms with Gasteiger partial charge in [0.2, 0.25) is 5.91 Å². The van der Waals surface area contributed by atoms with Crippen LogP contribution in [-0.2, 0) is 16.2 Å². The number of carbonyl (C=O) groups excluding carboxylic acids is 1. The maximum Gasteiger partial charge on any atom is 0.264 e. The SMILES string of the molecule is C=c1cc(C)n(CC(=O)Nc2ccccc2OCC)c(=O)c1=C1N=C(c2ccc(OC)cc2)NO1. The van der Waals surface area contributed by atoms with Gasteiger partial charge in [0.25, 0.3) is 11.4 Å². The summed E-state index contributed by atoms with van der Waals surface area (Å²) in [4.78, 5) is 36.2. The van der Waals surface area contributed by atoms with Gasteiger partial charge in [-0.2, -0.15) is 4.99 Å². The lowest BCUT2D eigenvalue weighted by Crippen LogP contribution is -2.47. The minimum atomic E-state index is -0.431. The Bertz CT molecular complexity index is 1460. The van der Waals surface area contributed by atoms with Crippen molar-refractivity contribution in [1.29, 1.82) is 0 Å². The summed E-state index contributed by atoms with van der Waals surface area (Å²) in [6, 6.07) is 16.1. The average Bonchev–Trinajstić information content (AvgIpc) is 3.33. The van der Waals surface area contributed by atoms with Crippen LogP contribution in [0.2, 0.25) is 0 Å². The standard InChI is InChI=1S/C26H26N4O5/c1-5-34-21-9-7-6-8-20(21)27-22(31)15-30-17(3)14-16(2)23(26(30)32)25-28-24(29-35-25)18-10-12-19(33-4)13-11-18/h6-14H,2,5,15H2,1,3-4H3,(H,27,31)(H,28,29). The van der Waals surface area contributed by atoms with Crippen molar-refractivity contribution in [2.24, 2.45) is 4.99 Å². The molecular formula is C26H26N4O5. The highest BCUT2D eigenvalue weighted by molar-refractivity contribution is 6.01. The number of pyridine rings is 1. The van der Waals surface area contributed by atoms with Crippen molar-refractivity contribution in [2.45, 2.75) is 20.4 Å². The third-order valence-corrected chi connectivity index (χ3v) is 5.39. The lowest BCUT2D eigenvalue weighted by atomic mass is 10.2. The van der Waals surface area contributed by atoms with Gasteiger partial charge in [-0.05, 0) is 61.5 Å². The van der Waals surface area contributed by atoms with Crippen molar-refractivity contribution in [1.82, 2.24) is 10.0 Å². The molecule has 1 aliphatic heterocycles. The molecule has 0 unspecified atom stereocenters. The molecule has 1 amide bonds. The van der Waals surface area contributed by atoms with Crippen molar-refractivity contribution in [3.05, 3.63) is 86.6 Å². The Morgan fingerprint density at radius 1 is 1.20 bits per heavy atom. The summed E-state index contributed by atoms with van der Waals surface area (Å²) in [7, 11) is 1.59. The fourth-order valence-electron chi connectivity index (χ4n) is 3.67. The highest BCUT2D eigenvalue weighted by atomic mass is 16.7. The molecule has 0 radical (unpaired) electrons. The predicted molar refractivity (Wildman–Crippen MR) is 134 cm³/mol. The molecule has 0 saturated heterocycles. The molecular weight excluding hydrogens is 448 g/mol. The van der Waals surface area contributed by atoms with E-state index in [2.05, 4.69) is 22.4 Å². The molecule has 0 aliphatic carbocycles. The summed E-state index contributed by atoms with van der Waals surface area (Å²) in [5, 5.41) is 3.43. The number of nitrogens with zero attached hydrogens (tertiary/aromatic N) is 2. The number of amides is 1. The summed E-state index contributed by atoms with van der Waals surface area (Å²) in [6.45, 7) is 7.85. The van der Waals surface area contributed by atoms with Gasteiger partial charge in [0.15, 0.2) is 5.84 Å². The number of anilines is 1. The largest absolute Gasteiger partial charge is 0.497 e. The van der Waals surface area contributed by atoms with Crippen LogP contribution in [0.4, 0.5) is 5.69 Å². The first-order valence-corrected chi connectivity index (χ1v) is 11.0. The zero-order chi connectivity index (χ0) is 24.9. The van der Waals surface area contributed by atoms with Crippen molar-refractivity contribution in [3.63, 3.8) is 0 Å². The van der Waals surface area contributed by atoms with Crippen LogP contribution in [0, 0.1) is 6.92 Å².